The van der Waals surface area contributed by atoms with Crippen molar-refractivity contribution in [2.45, 2.75) is 114 Å². The summed E-state index contributed by atoms with van der Waals surface area (Å²) in [6.45, 7) is 6.36. The van der Waals surface area contributed by atoms with E-state index in [4.69, 9.17) is 5.10 Å². The molecule has 2 heterocycles. The predicted molar refractivity (Wildman–Crippen MR) is 159 cm³/mol. The minimum absolute atomic E-state index is 0.124. The highest BCUT2D eigenvalue weighted by molar-refractivity contribution is 7.99. The van der Waals surface area contributed by atoms with Gasteiger partial charge < -0.3 is 10.2 Å². The van der Waals surface area contributed by atoms with Gasteiger partial charge in [0, 0.05) is 17.3 Å². The number of aromatic nitrogens is 4. The molecule has 0 radical (unpaired) electrons. The summed E-state index contributed by atoms with van der Waals surface area (Å²) >= 11 is 1.30. The number of aliphatic hydroxyl groups excluding tert-OH is 1. The highest BCUT2D eigenvalue weighted by atomic mass is 32.2. The summed E-state index contributed by atoms with van der Waals surface area (Å²) in [6.07, 6.45) is 16.7. The van der Waals surface area contributed by atoms with E-state index in [0.717, 1.165) is 31.4 Å². The van der Waals surface area contributed by atoms with Crippen LogP contribution in [0.15, 0.2) is 29.2 Å². The maximum atomic E-state index is 13.7. The summed E-state index contributed by atoms with van der Waals surface area (Å²) in [4.78, 5) is 22.4. The van der Waals surface area contributed by atoms with Gasteiger partial charge in [-0.1, -0.05) is 50.4 Å². The highest BCUT2D eigenvalue weighted by Gasteiger charge is 2.68. The second kappa shape index (κ2) is 10.0. The van der Waals surface area contributed by atoms with Gasteiger partial charge in [0.05, 0.1) is 29.8 Å². The van der Waals surface area contributed by atoms with Gasteiger partial charge in [-0.3, -0.25) is 9.48 Å². The Kier molecular flexibility index (Phi) is 6.79. The number of aliphatic hydroxyl groups is 2. The van der Waals surface area contributed by atoms with Gasteiger partial charge in [0.25, 0.3) is 0 Å². The van der Waals surface area contributed by atoms with Gasteiger partial charge in [-0.2, -0.15) is 5.10 Å². The first-order chi connectivity index (χ1) is 19.6. The Hall–Kier alpha value is -2.03. The Morgan fingerprint density at radius 1 is 1.17 bits per heavy atom. The Labute approximate surface area is 247 Å². The van der Waals surface area contributed by atoms with E-state index in [1.807, 2.05) is 13.0 Å². The minimum atomic E-state index is -1.43. The lowest BCUT2D eigenvalue weighted by Gasteiger charge is -2.60. The highest BCUT2D eigenvalue weighted by Crippen LogP contribution is 2.67. The molecule has 7 atom stereocenters. The average molecular weight is 577 g/mol. The van der Waals surface area contributed by atoms with Gasteiger partial charge >= 0.3 is 0 Å². The molecule has 4 fully saturated rings. The molecule has 8 heteroatoms. The summed E-state index contributed by atoms with van der Waals surface area (Å²) in [7, 11) is 0. The number of carbonyl (C=O) groups is 1. The molecule has 0 spiro atoms. The molecule has 0 saturated heterocycles. The summed E-state index contributed by atoms with van der Waals surface area (Å²) in [5.74, 6) is 0.623. The molecule has 5 aliphatic rings. The number of hydrogen-bond donors (Lipinski definition) is 2. The van der Waals surface area contributed by atoms with Crippen molar-refractivity contribution in [1.29, 1.82) is 0 Å². The van der Waals surface area contributed by atoms with Crippen LogP contribution in [-0.4, -0.2) is 53.2 Å². The van der Waals surface area contributed by atoms with E-state index in [1.54, 1.807) is 6.20 Å². The van der Waals surface area contributed by atoms with Gasteiger partial charge in [0.1, 0.15) is 5.60 Å². The molecule has 5 aliphatic carbocycles. The third kappa shape index (κ3) is 4.21. The van der Waals surface area contributed by atoms with Crippen LogP contribution in [0.1, 0.15) is 101 Å². The Bertz CT molecular complexity index is 1380. The van der Waals surface area contributed by atoms with Gasteiger partial charge in [0.2, 0.25) is 0 Å². The number of Topliss-reactive ketones (excluding diaryl/α,β-unsaturated/α-hetero) is 1. The number of ketones is 1. The SMILES string of the molecule is Cc1ccnc(SCC(=O)[C@@]2(O)CCC3C4CCC5=Cc6c(cnn6C6CCCCC6)CC5(C)C4C(O)CC32C)n1. The van der Waals surface area contributed by atoms with Gasteiger partial charge in [-0.15, -0.1) is 0 Å². The van der Waals surface area contributed by atoms with Crippen molar-refractivity contribution in [3.63, 3.8) is 0 Å². The molecular formula is C33H44N4O3S. The summed E-state index contributed by atoms with van der Waals surface area (Å²) < 4.78 is 2.31. The van der Waals surface area contributed by atoms with E-state index in [0.29, 0.717) is 24.0 Å². The molecule has 0 aliphatic heterocycles. The first-order valence-electron chi connectivity index (χ1n) is 15.8. The number of hydrogen-bond acceptors (Lipinski definition) is 7. The monoisotopic (exact) mass is 576 g/mol. The molecule has 7 nitrogen and oxygen atoms in total. The van der Waals surface area contributed by atoms with Crippen LogP contribution in [0.5, 0.6) is 0 Å². The molecule has 0 amide bonds. The van der Waals surface area contributed by atoms with Crippen LogP contribution in [0.4, 0.5) is 0 Å². The molecule has 2 aromatic rings. The van der Waals surface area contributed by atoms with E-state index < -0.39 is 17.1 Å². The van der Waals surface area contributed by atoms with Crippen molar-refractivity contribution in [3.05, 3.63) is 41.0 Å². The van der Waals surface area contributed by atoms with Crippen molar-refractivity contribution in [1.82, 2.24) is 19.7 Å². The Morgan fingerprint density at radius 3 is 2.76 bits per heavy atom. The number of carbonyl (C=O) groups excluding carboxylic acids is 1. The zero-order valence-corrected chi connectivity index (χ0v) is 25.5. The largest absolute Gasteiger partial charge is 0.393 e. The third-order valence-corrected chi connectivity index (χ3v) is 13.0. The molecule has 41 heavy (non-hydrogen) atoms. The van der Waals surface area contributed by atoms with Crippen LogP contribution in [0.2, 0.25) is 0 Å². The molecule has 2 N–H and O–H groups in total. The quantitative estimate of drug-likeness (QED) is 0.346. The maximum absolute atomic E-state index is 13.7. The Balaban J connectivity index is 1.14. The van der Waals surface area contributed by atoms with E-state index >= 15 is 0 Å². The number of aryl methyl sites for hydroxylation is 1. The number of nitrogens with zero attached hydrogens (tertiary/aromatic N) is 4. The number of thioether (sulfide) groups is 1. The fraction of sp³-hybridized carbons (Fsp3) is 0.697. The lowest BCUT2D eigenvalue weighted by atomic mass is 9.45. The van der Waals surface area contributed by atoms with Gasteiger partial charge in [0.15, 0.2) is 10.9 Å². The van der Waals surface area contributed by atoms with Crippen molar-refractivity contribution in [2.75, 3.05) is 5.75 Å². The van der Waals surface area contributed by atoms with Crippen LogP contribution in [0.3, 0.4) is 0 Å². The van der Waals surface area contributed by atoms with Crippen molar-refractivity contribution < 1.29 is 15.0 Å². The minimum Gasteiger partial charge on any atom is -0.393 e. The van der Waals surface area contributed by atoms with E-state index in [2.05, 4.69) is 40.8 Å². The van der Waals surface area contributed by atoms with Crippen LogP contribution in [-0.2, 0) is 11.2 Å². The fourth-order valence-corrected chi connectivity index (χ4v) is 10.9. The second-order valence-electron chi connectivity index (χ2n) is 14.2. The smallest absolute Gasteiger partial charge is 0.188 e. The summed E-state index contributed by atoms with van der Waals surface area (Å²) in [6, 6.07) is 2.35. The van der Waals surface area contributed by atoms with E-state index in [1.165, 1.54) is 60.7 Å². The normalized spacial score (nSPS) is 38.4. The van der Waals surface area contributed by atoms with Crippen molar-refractivity contribution in [2.24, 2.45) is 28.6 Å². The standard InChI is InChI=1S/C33H44N4O3S/c1-20-12-14-34-30(36-20)41-19-28(39)33(40)13-11-25-24-10-9-22-15-26-21(18-35-37(26)23-7-5-4-6-8-23)16-31(22,2)29(24)27(38)17-32(25,33)3/h12,14-15,18,23-25,27,29,38,40H,4-11,13,16-17,19H2,1-3H3/t24?,25?,27?,29?,31?,32?,33-/m0/s1. The molecule has 0 aromatic carbocycles. The number of rotatable bonds is 5. The molecule has 4 saturated carbocycles. The average Bonchev–Trinajstić information content (AvgIpc) is 3.48. The topological polar surface area (TPSA) is 101 Å². The van der Waals surface area contributed by atoms with Crippen molar-refractivity contribution >= 4 is 23.6 Å². The molecule has 220 valence electrons. The first kappa shape index (κ1) is 27.8. The molecule has 2 aromatic heterocycles. The summed E-state index contributed by atoms with van der Waals surface area (Å²) in [5, 5.41) is 29.5. The van der Waals surface area contributed by atoms with Crippen LogP contribution >= 0.6 is 11.8 Å². The summed E-state index contributed by atoms with van der Waals surface area (Å²) in [5.41, 5.74) is 2.75. The lowest BCUT2D eigenvalue weighted by molar-refractivity contribution is -0.177. The number of allylic oxidation sites excluding steroid dienone is 1. The van der Waals surface area contributed by atoms with E-state index in [9.17, 15) is 15.0 Å². The number of fused-ring (bicyclic) bond motifs is 6. The van der Waals surface area contributed by atoms with Crippen LogP contribution in [0, 0.1) is 35.5 Å². The van der Waals surface area contributed by atoms with Crippen LogP contribution in [0.25, 0.3) is 6.08 Å². The molecule has 6 unspecified atom stereocenters. The molecule has 0 bridgehead atoms. The van der Waals surface area contributed by atoms with E-state index in [-0.39, 0.29) is 34.7 Å². The zero-order chi connectivity index (χ0) is 28.6. The van der Waals surface area contributed by atoms with Crippen molar-refractivity contribution in [3.8, 4) is 0 Å². The molecular weight excluding hydrogens is 532 g/mol. The van der Waals surface area contributed by atoms with Crippen LogP contribution < -0.4 is 0 Å². The third-order valence-electron chi connectivity index (χ3n) is 12.1. The van der Waals surface area contributed by atoms with Gasteiger partial charge in [-0.25, -0.2) is 9.97 Å². The van der Waals surface area contributed by atoms with Gasteiger partial charge in [-0.05, 0) is 99.2 Å². The Morgan fingerprint density at radius 2 is 1.98 bits per heavy atom. The zero-order valence-electron chi connectivity index (χ0n) is 24.7. The predicted octanol–water partition coefficient (Wildman–Crippen LogP) is 5.73. The second-order valence-corrected chi connectivity index (χ2v) is 15.1. The molecule has 7 rings (SSSR count). The first-order valence-corrected chi connectivity index (χ1v) is 16.8. The fourth-order valence-electron chi connectivity index (χ4n) is 10.0. The lowest BCUT2D eigenvalue weighted by Crippen LogP contribution is -2.62. The maximum Gasteiger partial charge on any atom is 0.188 e.